The van der Waals surface area contributed by atoms with E-state index >= 15 is 0 Å². The molecule has 0 saturated carbocycles. The van der Waals surface area contributed by atoms with E-state index in [1.54, 1.807) is 12.1 Å². The van der Waals surface area contributed by atoms with Crippen LogP contribution in [-0.2, 0) is 4.74 Å². The molecule has 0 aliphatic carbocycles. The summed E-state index contributed by atoms with van der Waals surface area (Å²) in [6.45, 7) is 0.634. The van der Waals surface area contributed by atoms with Crippen molar-refractivity contribution in [3.63, 3.8) is 0 Å². The summed E-state index contributed by atoms with van der Waals surface area (Å²) in [4.78, 5) is 0. The fraction of sp³-hybridized carbons (Fsp3) is 0.125. The Labute approximate surface area is 106 Å². The van der Waals surface area contributed by atoms with Gasteiger partial charge in [-0.2, -0.15) is 0 Å². The molecule has 0 aromatic heterocycles. The summed E-state index contributed by atoms with van der Waals surface area (Å²) in [7, 11) is 0. The second-order valence-corrected chi connectivity index (χ2v) is 4.38. The lowest BCUT2D eigenvalue weighted by molar-refractivity contribution is 0.131. The molecule has 1 heterocycles. The highest BCUT2D eigenvalue weighted by molar-refractivity contribution is 5.68. The quantitative estimate of drug-likeness (QED) is 0.867. The van der Waals surface area contributed by atoms with Gasteiger partial charge in [0.1, 0.15) is 11.9 Å². The molecule has 0 fully saturated rings. The number of phenolic OH excluding ortho intramolecular Hbond substituents is 1. The first-order chi connectivity index (χ1) is 8.83. The van der Waals surface area contributed by atoms with Crippen LogP contribution in [0.2, 0.25) is 0 Å². The molecule has 0 radical (unpaired) electrons. The van der Waals surface area contributed by atoms with Crippen LogP contribution in [0.5, 0.6) is 5.75 Å². The van der Waals surface area contributed by atoms with Gasteiger partial charge in [0.05, 0.1) is 6.61 Å². The van der Waals surface area contributed by atoms with Crippen LogP contribution in [0.4, 0.5) is 0 Å². The Hall–Kier alpha value is -2.06. The van der Waals surface area contributed by atoms with Gasteiger partial charge >= 0.3 is 0 Å². The molecule has 3 rings (SSSR count). The number of phenols is 1. The molecule has 0 spiro atoms. The Kier molecular flexibility index (Phi) is 2.87. The van der Waals surface area contributed by atoms with E-state index in [1.165, 1.54) is 11.1 Å². The molecule has 2 nitrogen and oxygen atoms in total. The summed E-state index contributed by atoms with van der Waals surface area (Å²) in [5.41, 5.74) is 3.49. The van der Waals surface area contributed by atoms with Crippen molar-refractivity contribution in [2.24, 2.45) is 0 Å². The van der Waals surface area contributed by atoms with Gasteiger partial charge in [0.25, 0.3) is 0 Å². The highest BCUT2D eigenvalue weighted by Crippen LogP contribution is 2.32. The summed E-state index contributed by atoms with van der Waals surface area (Å²) in [5, 5.41) is 9.27. The first-order valence-corrected chi connectivity index (χ1v) is 5.99. The summed E-state index contributed by atoms with van der Waals surface area (Å²) in [6, 6.07) is 17.4. The average Bonchev–Trinajstić information content (AvgIpc) is 2.90. The molecule has 0 saturated heterocycles. The Bertz CT molecular complexity index is 555. The van der Waals surface area contributed by atoms with E-state index in [-0.39, 0.29) is 11.9 Å². The van der Waals surface area contributed by atoms with Crippen molar-refractivity contribution in [3.05, 3.63) is 71.8 Å². The van der Waals surface area contributed by atoms with E-state index in [1.807, 2.05) is 30.3 Å². The first kappa shape index (κ1) is 11.1. The second kappa shape index (κ2) is 4.67. The number of aromatic hydroxyl groups is 1. The topological polar surface area (TPSA) is 29.5 Å². The zero-order valence-electron chi connectivity index (χ0n) is 9.91. The molecular formula is C16H14O2. The maximum absolute atomic E-state index is 9.27. The van der Waals surface area contributed by atoms with E-state index in [2.05, 4.69) is 18.2 Å². The maximum Gasteiger partial charge on any atom is 0.115 e. The summed E-state index contributed by atoms with van der Waals surface area (Å²) in [5.74, 6) is 0.281. The lowest BCUT2D eigenvalue weighted by Crippen LogP contribution is -1.94. The molecule has 1 aliphatic rings. The van der Waals surface area contributed by atoms with Crippen molar-refractivity contribution in [1.29, 1.82) is 0 Å². The van der Waals surface area contributed by atoms with Gasteiger partial charge in [0.15, 0.2) is 0 Å². The van der Waals surface area contributed by atoms with Gasteiger partial charge in [0, 0.05) is 0 Å². The maximum atomic E-state index is 9.27. The van der Waals surface area contributed by atoms with E-state index in [0.717, 1.165) is 5.56 Å². The third-order valence-corrected chi connectivity index (χ3v) is 3.14. The number of benzene rings is 2. The van der Waals surface area contributed by atoms with E-state index in [0.29, 0.717) is 6.61 Å². The SMILES string of the molecule is Oc1ccc(C2C=C(c3ccccc3)CO2)cc1. The summed E-state index contributed by atoms with van der Waals surface area (Å²) < 4.78 is 5.77. The molecule has 1 atom stereocenters. The van der Waals surface area contributed by atoms with Gasteiger partial charge in [-0.15, -0.1) is 0 Å². The molecule has 18 heavy (non-hydrogen) atoms. The van der Waals surface area contributed by atoms with Crippen LogP contribution < -0.4 is 0 Å². The largest absolute Gasteiger partial charge is 0.508 e. The summed E-state index contributed by atoms with van der Waals surface area (Å²) >= 11 is 0. The molecule has 90 valence electrons. The Balaban J connectivity index is 1.85. The normalized spacial score (nSPS) is 18.7. The van der Waals surface area contributed by atoms with Gasteiger partial charge in [-0.1, -0.05) is 42.5 Å². The van der Waals surface area contributed by atoms with Crippen LogP contribution in [0, 0.1) is 0 Å². The van der Waals surface area contributed by atoms with E-state index in [9.17, 15) is 5.11 Å². The Morgan fingerprint density at radius 2 is 1.67 bits per heavy atom. The minimum Gasteiger partial charge on any atom is -0.508 e. The predicted molar refractivity (Wildman–Crippen MR) is 71.2 cm³/mol. The van der Waals surface area contributed by atoms with Gasteiger partial charge in [-0.05, 0) is 34.9 Å². The molecule has 1 N–H and O–H groups in total. The Morgan fingerprint density at radius 1 is 0.944 bits per heavy atom. The molecule has 0 amide bonds. The fourth-order valence-corrected chi connectivity index (χ4v) is 2.15. The van der Waals surface area contributed by atoms with Crippen LogP contribution in [0.25, 0.3) is 5.57 Å². The minimum absolute atomic E-state index is 0.0131. The van der Waals surface area contributed by atoms with E-state index < -0.39 is 0 Å². The van der Waals surface area contributed by atoms with Crippen LogP contribution >= 0.6 is 0 Å². The fourth-order valence-electron chi connectivity index (χ4n) is 2.15. The molecular weight excluding hydrogens is 224 g/mol. The van der Waals surface area contributed by atoms with Crippen molar-refractivity contribution < 1.29 is 9.84 Å². The lowest BCUT2D eigenvalue weighted by Gasteiger charge is -2.07. The molecule has 2 heteroatoms. The predicted octanol–water partition coefficient (Wildman–Crippen LogP) is 3.55. The molecule has 2 aromatic rings. The molecule has 1 aliphatic heterocycles. The van der Waals surface area contributed by atoms with Crippen molar-refractivity contribution in [1.82, 2.24) is 0 Å². The minimum atomic E-state index is -0.0131. The van der Waals surface area contributed by atoms with Gasteiger partial charge in [-0.3, -0.25) is 0 Å². The van der Waals surface area contributed by atoms with Crippen LogP contribution in [0.3, 0.4) is 0 Å². The third-order valence-electron chi connectivity index (χ3n) is 3.14. The zero-order chi connectivity index (χ0) is 12.4. The van der Waals surface area contributed by atoms with Crippen LogP contribution in [-0.4, -0.2) is 11.7 Å². The number of rotatable bonds is 2. The molecule has 2 aromatic carbocycles. The van der Waals surface area contributed by atoms with Gasteiger partial charge < -0.3 is 9.84 Å². The standard InChI is InChI=1S/C16H14O2/c17-15-8-6-13(7-9-15)16-10-14(11-18-16)12-4-2-1-3-5-12/h1-10,16-17H,11H2. The van der Waals surface area contributed by atoms with Crippen molar-refractivity contribution in [2.75, 3.05) is 6.61 Å². The van der Waals surface area contributed by atoms with Gasteiger partial charge in [-0.25, -0.2) is 0 Å². The number of hydrogen-bond donors (Lipinski definition) is 1. The first-order valence-electron chi connectivity index (χ1n) is 5.99. The zero-order valence-corrected chi connectivity index (χ0v) is 9.91. The molecule has 0 bridgehead atoms. The van der Waals surface area contributed by atoms with Crippen molar-refractivity contribution in [2.45, 2.75) is 6.10 Å². The van der Waals surface area contributed by atoms with E-state index in [4.69, 9.17) is 4.74 Å². The van der Waals surface area contributed by atoms with Crippen LogP contribution in [0.1, 0.15) is 17.2 Å². The Morgan fingerprint density at radius 3 is 2.39 bits per heavy atom. The monoisotopic (exact) mass is 238 g/mol. The lowest BCUT2D eigenvalue weighted by atomic mass is 10.0. The number of ether oxygens (including phenoxy) is 1. The third kappa shape index (κ3) is 2.15. The van der Waals surface area contributed by atoms with Crippen molar-refractivity contribution in [3.8, 4) is 5.75 Å². The molecule has 1 unspecified atom stereocenters. The highest BCUT2D eigenvalue weighted by atomic mass is 16.5. The number of hydrogen-bond acceptors (Lipinski definition) is 2. The van der Waals surface area contributed by atoms with Crippen LogP contribution in [0.15, 0.2) is 60.7 Å². The van der Waals surface area contributed by atoms with Gasteiger partial charge in [0.2, 0.25) is 0 Å². The summed E-state index contributed by atoms with van der Waals surface area (Å²) in [6.07, 6.45) is 2.13. The second-order valence-electron chi connectivity index (χ2n) is 4.38. The average molecular weight is 238 g/mol. The highest BCUT2D eigenvalue weighted by Gasteiger charge is 2.18. The van der Waals surface area contributed by atoms with Crippen molar-refractivity contribution >= 4 is 5.57 Å². The smallest absolute Gasteiger partial charge is 0.115 e.